The average molecular weight is 475 g/mol. The van der Waals surface area contributed by atoms with Crippen LogP contribution in [0, 0.1) is 18.8 Å². The first-order valence-corrected chi connectivity index (χ1v) is 12.4. The highest BCUT2D eigenvalue weighted by molar-refractivity contribution is 6.35. The van der Waals surface area contributed by atoms with Gasteiger partial charge in [0.25, 0.3) is 0 Å². The van der Waals surface area contributed by atoms with E-state index in [4.69, 9.17) is 33.2 Å². The van der Waals surface area contributed by atoms with E-state index in [1.807, 2.05) is 17.0 Å². The van der Waals surface area contributed by atoms with Gasteiger partial charge in [0.15, 0.2) is 0 Å². The van der Waals surface area contributed by atoms with Crippen LogP contribution in [0.4, 0.5) is 5.82 Å². The van der Waals surface area contributed by atoms with Gasteiger partial charge in [0.2, 0.25) is 5.91 Å². The van der Waals surface area contributed by atoms with Crippen LogP contribution in [0.15, 0.2) is 18.2 Å². The minimum atomic E-state index is 0.253. The molecule has 2 fully saturated rings. The molecular formula is C25H32Cl2N4O. The van der Waals surface area contributed by atoms with E-state index in [9.17, 15) is 4.79 Å². The largest absolute Gasteiger partial charge is 0.353 e. The Morgan fingerprint density at radius 1 is 1.12 bits per heavy atom. The predicted octanol–water partition coefficient (Wildman–Crippen LogP) is 5.33. The molecule has 1 saturated carbocycles. The lowest BCUT2D eigenvalue weighted by Crippen LogP contribution is -2.51. The van der Waals surface area contributed by atoms with Crippen LogP contribution < -0.4 is 4.90 Å². The van der Waals surface area contributed by atoms with Crippen molar-refractivity contribution in [3.05, 3.63) is 50.9 Å². The van der Waals surface area contributed by atoms with Gasteiger partial charge in [0.1, 0.15) is 11.6 Å². The molecule has 32 heavy (non-hydrogen) atoms. The van der Waals surface area contributed by atoms with Crippen molar-refractivity contribution in [2.45, 2.75) is 52.9 Å². The van der Waals surface area contributed by atoms with Crippen molar-refractivity contribution >= 4 is 34.9 Å². The number of aryl methyl sites for hydroxylation is 1. The lowest BCUT2D eigenvalue weighted by molar-refractivity contribution is -0.138. The van der Waals surface area contributed by atoms with Gasteiger partial charge in [-0.05, 0) is 43.4 Å². The number of amides is 1. The van der Waals surface area contributed by atoms with E-state index in [1.54, 1.807) is 6.07 Å². The Kier molecular flexibility index (Phi) is 7.26. The van der Waals surface area contributed by atoms with Crippen LogP contribution in [0.2, 0.25) is 10.0 Å². The Morgan fingerprint density at radius 2 is 1.84 bits per heavy atom. The highest BCUT2D eigenvalue weighted by atomic mass is 35.5. The summed E-state index contributed by atoms with van der Waals surface area (Å²) < 4.78 is 0. The molecule has 1 aromatic carbocycles. The molecule has 0 unspecified atom stereocenters. The van der Waals surface area contributed by atoms with Crippen molar-refractivity contribution in [3.63, 3.8) is 0 Å². The number of benzene rings is 1. The first-order chi connectivity index (χ1) is 15.3. The van der Waals surface area contributed by atoms with E-state index in [0.29, 0.717) is 28.3 Å². The van der Waals surface area contributed by atoms with Crippen molar-refractivity contribution in [1.29, 1.82) is 0 Å². The van der Waals surface area contributed by atoms with Gasteiger partial charge in [-0.3, -0.25) is 4.79 Å². The van der Waals surface area contributed by atoms with Gasteiger partial charge in [-0.1, -0.05) is 49.5 Å². The van der Waals surface area contributed by atoms with Crippen LogP contribution in [-0.4, -0.2) is 47.0 Å². The number of halogens is 2. The zero-order valence-electron chi connectivity index (χ0n) is 19.2. The maximum Gasteiger partial charge on any atom is 0.225 e. The third-order valence-electron chi connectivity index (χ3n) is 6.56. The fourth-order valence-corrected chi connectivity index (χ4v) is 4.95. The van der Waals surface area contributed by atoms with Gasteiger partial charge in [0.05, 0.1) is 0 Å². The van der Waals surface area contributed by atoms with Gasteiger partial charge < -0.3 is 9.80 Å². The summed E-state index contributed by atoms with van der Waals surface area (Å²) in [5.74, 6) is 2.93. The lowest BCUT2D eigenvalue weighted by Gasteiger charge is -2.39. The lowest BCUT2D eigenvalue weighted by atomic mass is 9.84. The number of carbonyl (C=O) groups is 1. The molecule has 0 radical (unpaired) electrons. The number of carbonyl (C=O) groups excluding carboxylic acids is 1. The van der Waals surface area contributed by atoms with Gasteiger partial charge in [0, 0.05) is 66.2 Å². The second-order valence-electron chi connectivity index (χ2n) is 9.48. The molecule has 2 heterocycles. The van der Waals surface area contributed by atoms with Gasteiger partial charge in [-0.2, -0.15) is 0 Å². The highest BCUT2D eigenvalue weighted by Gasteiger charge is 2.32. The molecule has 1 amide bonds. The second-order valence-corrected chi connectivity index (χ2v) is 10.3. The maximum atomic E-state index is 12.7. The Hall–Kier alpha value is -1.85. The SMILES string of the molecule is Cc1nc(CC(C)C)nc(N2CCN(C(=O)C3CCC3)CC2)c1Cc1ccc(Cl)cc1Cl. The first kappa shape index (κ1) is 23.3. The number of hydrogen-bond acceptors (Lipinski definition) is 4. The Morgan fingerprint density at radius 3 is 2.44 bits per heavy atom. The summed E-state index contributed by atoms with van der Waals surface area (Å²) in [6, 6.07) is 5.63. The summed E-state index contributed by atoms with van der Waals surface area (Å²) in [5.41, 5.74) is 3.10. The number of rotatable bonds is 6. The first-order valence-electron chi connectivity index (χ1n) is 11.7. The van der Waals surface area contributed by atoms with E-state index in [2.05, 4.69) is 25.7 Å². The molecule has 0 N–H and O–H groups in total. The molecule has 5 nitrogen and oxygen atoms in total. The molecule has 0 bridgehead atoms. The summed E-state index contributed by atoms with van der Waals surface area (Å²) in [6.07, 6.45) is 4.78. The van der Waals surface area contributed by atoms with Crippen LogP contribution >= 0.6 is 23.2 Å². The van der Waals surface area contributed by atoms with Crippen LogP contribution in [0.3, 0.4) is 0 Å². The van der Waals surface area contributed by atoms with Gasteiger partial charge in [-0.25, -0.2) is 9.97 Å². The van der Waals surface area contributed by atoms with Crippen molar-refractivity contribution < 1.29 is 4.79 Å². The van der Waals surface area contributed by atoms with E-state index >= 15 is 0 Å². The zero-order valence-corrected chi connectivity index (χ0v) is 20.7. The summed E-state index contributed by atoms with van der Waals surface area (Å²) in [7, 11) is 0. The molecular weight excluding hydrogens is 443 g/mol. The van der Waals surface area contributed by atoms with Crippen LogP contribution in [-0.2, 0) is 17.6 Å². The molecule has 0 atom stereocenters. The Labute approximate surface area is 201 Å². The van der Waals surface area contributed by atoms with E-state index in [0.717, 1.165) is 73.9 Å². The topological polar surface area (TPSA) is 49.3 Å². The number of aromatic nitrogens is 2. The second kappa shape index (κ2) is 9.96. The van der Waals surface area contributed by atoms with E-state index in [-0.39, 0.29) is 5.92 Å². The number of anilines is 1. The summed E-state index contributed by atoms with van der Waals surface area (Å²) in [6.45, 7) is 9.51. The fraction of sp³-hybridized carbons (Fsp3) is 0.560. The third-order valence-corrected chi connectivity index (χ3v) is 7.14. The van der Waals surface area contributed by atoms with Gasteiger partial charge in [-0.15, -0.1) is 0 Å². The molecule has 7 heteroatoms. The maximum absolute atomic E-state index is 12.7. The molecule has 172 valence electrons. The summed E-state index contributed by atoms with van der Waals surface area (Å²) >= 11 is 12.6. The predicted molar refractivity (Wildman–Crippen MR) is 131 cm³/mol. The van der Waals surface area contributed by atoms with E-state index < -0.39 is 0 Å². The number of nitrogens with zero attached hydrogens (tertiary/aromatic N) is 4. The monoisotopic (exact) mass is 474 g/mol. The van der Waals surface area contributed by atoms with E-state index in [1.165, 1.54) is 6.42 Å². The molecule has 2 aliphatic rings. The van der Waals surface area contributed by atoms with Gasteiger partial charge >= 0.3 is 0 Å². The minimum Gasteiger partial charge on any atom is -0.353 e. The zero-order chi connectivity index (χ0) is 22.8. The molecule has 1 aromatic heterocycles. The quantitative estimate of drug-likeness (QED) is 0.567. The average Bonchev–Trinajstić information content (AvgIpc) is 2.69. The minimum absolute atomic E-state index is 0.253. The molecule has 2 aromatic rings. The van der Waals surface area contributed by atoms with Crippen LogP contribution in [0.1, 0.15) is 55.8 Å². The van der Waals surface area contributed by atoms with Crippen molar-refractivity contribution in [3.8, 4) is 0 Å². The standard InChI is InChI=1S/C25H32Cl2N4O/c1-16(2)13-23-28-17(3)21(14-19-7-8-20(26)15-22(19)27)24(29-23)30-9-11-31(12-10-30)25(32)18-5-4-6-18/h7-8,15-16,18H,4-6,9-14H2,1-3H3. The third kappa shape index (κ3) is 5.20. The van der Waals surface area contributed by atoms with Crippen molar-refractivity contribution in [1.82, 2.24) is 14.9 Å². The number of piperazine rings is 1. The normalized spacial score (nSPS) is 17.1. The summed E-state index contributed by atoms with van der Waals surface area (Å²) in [5, 5.41) is 1.29. The molecule has 1 aliphatic carbocycles. The fourth-order valence-electron chi connectivity index (χ4n) is 4.47. The molecule has 4 rings (SSSR count). The van der Waals surface area contributed by atoms with Crippen molar-refractivity contribution in [2.24, 2.45) is 11.8 Å². The Bertz CT molecular complexity index is 982. The molecule has 0 spiro atoms. The van der Waals surface area contributed by atoms with Crippen molar-refractivity contribution in [2.75, 3.05) is 31.1 Å². The van der Waals surface area contributed by atoms with Crippen LogP contribution in [0.25, 0.3) is 0 Å². The molecule has 1 saturated heterocycles. The highest BCUT2D eigenvalue weighted by Crippen LogP contribution is 2.31. The molecule has 1 aliphatic heterocycles. The smallest absolute Gasteiger partial charge is 0.225 e. The summed E-state index contributed by atoms with van der Waals surface area (Å²) in [4.78, 5) is 26.9. The van der Waals surface area contributed by atoms with Crippen LogP contribution in [0.5, 0.6) is 0 Å². The Balaban J connectivity index is 1.59. The number of hydrogen-bond donors (Lipinski definition) is 0.